The van der Waals surface area contributed by atoms with Crippen LogP contribution in [0.2, 0.25) is 0 Å². The first-order valence-corrected chi connectivity index (χ1v) is 2.15. The van der Waals surface area contributed by atoms with Crippen LogP contribution in [-0.4, -0.2) is 26.4 Å². The van der Waals surface area contributed by atoms with Crippen molar-refractivity contribution >= 4 is 0 Å². The van der Waals surface area contributed by atoms with Gasteiger partial charge in [0.25, 0.3) is 0 Å². The van der Waals surface area contributed by atoms with Crippen LogP contribution in [0, 0.1) is 0 Å². The molecule has 0 aliphatic carbocycles. The molecule has 0 spiro atoms. The summed E-state index contributed by atoms with van der Waals surface area (Å²) in [7, 11) is 0. The summed E-state index contributed by atoms with van der Waals surface area (Å²) in [6, 6.07) is 0. The molecule has 0 atom stereocenters. The molecule has 1 aliphatic rings. The van der Waals surface area contributed by atoms with Crippen molar-refractivity contribution < 1.29 is 36.8 Å². The Morgan fingerprint density at radius 2 is 1.00 bits per heavy atom. The van der Waals surface area contributed by atoms with Gasteiger partial charge in [0.2, 0.25) is 0 Å². The molecule has 1 saturated heterocycles. The minimum absolute atomic E-state index is 0. The number of hydrogen-bond donors (Lipinski definition) is 0. The smallest absolute Gasteiger partial charge is 0.0701 e. The first-order chi connectivity index (χ1) is 3.00. The minimum Gasteiger partial charge on any atom is -0.377 e. The van der Waals surface area contributed by atoms with E-state index in [9.17, 15) is 0 Å². The van der Waals surface area contributed by atoms with Crippen LogP contribution < -0.4 is 0 Å². The summed E-state index contributed by atoms with van der Waals surface area (Å²) < 4.78 is 9.89. The van der Waals surface area contributed by atoms with Gasteiger partial charge in [0, 0.05) is 27.3 Å². The second-order valence-corrected chi connectivity index (χ2v) is 1.22. The predicted molar refractivity (Wildman–Crippen MR) is 21.6 cm³/mol. The molecular weight excluding hydrogens is 192 g/mol. The van der Waals surface area contributed by atoms with Crippen molar-refractivity contribution in [3.8, 4) is 0 Å². The fraction of sp³-hybridized carbons (Fsp3) is 1.00. The van der Waals surface area contributed by atoms with Crippen LogP contribution in [0.4, 0.5) is 0 Å². The van der Waals surface area contributed by atoms with Gasteiger partial charge < -0.3 is 9.47 Å². The van der Waals surface area contributed by atoms with Crippen molar-refractivity contribution in [3.05, 3.63) is 0 Å². The molecule has 7 heavy (non-hydrogen) atoms. The van der Waals surface area contributed by atoms with Crippen molar-refractivity contribution in [2.24, 2.45) is 0 Å². The molecule has 38 valence electrons. The summed E-state index contributed by atoms with van der Waals surface area (Å²) in [4.78, 5) is 0. The Morgan fingerprint density at radius 1 is 0.714 bits per heavy atom. The Kier molecular flexibility index (Phi) is 5.59. The van der Waals surface area contributed by atoms with Gasteiger partial charge in [-0.1, -0.05) is 0 Å². The van der Waals surface area contributed by atoms with Gasteiger partial charge in [-0.2, -0.15) is 0 Å². The van der Waals surface area contributed by atoms with E-state index in [2.05, 4.69) is 0 Å². The van der Waals surface area contributed by atoms with E-state index in [-0.39, 0.29) is 27.3 Å². The van der Waals surface area contributed by atoms with Gasteiger partial charge in [-0.25, -0.2) is 0 Å². The van der Waals surface area contributed by atoms with Gasteiger partial charge in [0.15, 0.2) is 0 Å². The maximum atomic E-state index is 4.94. The summed E-state index contributed by atoms with van der Waals surface area (Å²) in [5, 5.41) is 0. The third-order valence-electron chi connectivity index (χ3n) is 0.744. The summed E-state index contributed by atoms with van der Waals surface area (Å²) in [5.74, 6) is 0. The van der Waals surface area contributed by atoms with Gasteiger partial charge >= 0.3 is 0 Å². The third kappa shape index (κ3) is 3.43. The van der Waals surface area contributed by atoms with Crippen LogP contribution in [0.3, 0.4) is 0 Å². The van der Waals surface area contributed by atoms with E-state index >= 15 is 0 Å². The molecule has 0 unspecified atom stereocenters. The van der Waals surface area contributed by atoms with Crippen LogP contribution in [-0.2, 0) is 36.8 Å². The third-order valence-corrected chi connectivity index (χ3v) is 0.744. The Balaban J connectivity index is 0.000000360. The summed E-state index contributed by atoms with van der Waals surface area (Å²) in [6.07, 6.45) is 0. The van der Waals surface area contributed by atoms with E-state index in [1.54, 1.807) is 0 Å². The monoisotopic (exact) mass is 202 g/mol. The van der Waals surface area contributed by atoms with Crippen molar-refractivity contribution in [2.45, 2.75) is 0 Å². The van der Waals surface area contributed by atoms with Crippen LogP contribution in [0.25, 0.3) is 0 Å². The Bertz CT molecular complexity index is 25.2. The zero-order chi connectivity index (χ0) is 4.24. The molecule has 0 aromatic carbocycles. The van der Waals surface area contributed by atoms with Crippen LogP contribution in [0.5, 0.6) is 0 Å². The second-order valence-electron chi connectivity index (χ2n) is 1.22. The van der Waals surface area contributed by atoms with Crippen molar-refractivity contribution in [1.29, 1.82) is 0 Å². The molecule has 0 radical (unpaired) electrons. The fourth-order valence-electron chi connectivity index (χ4n) is 0.440. The molecule has 3 heteroatoms. The van der Waals surface area contributed by atoms with Crippen molar-refractivity contribution in [3.63, 3.8) is 0 Å². The van der Waals surface area contributed by atoms with Gasteiger partial charge in [-0.05, 0) is 0 Å². The van der Waals surface area contributed by atoms with Crippen molar-refractivity contribution in [2.75, 3.05) is 26.4 Å². The van der Waals surface area contributed by atoms with E-state index in [0.717, 1.165) is 26.4 Å². The Labute approximate surface area is 63.3 Å². The molecule has 0 aromatic heterocycles. The zero-order valence-corrected chi connectivity index (χ0v) is 8.39. The van der Waals surface area contributed by atoms with E-state index in [1.165, 1.54) is 0 Å². The summed E-state index contributed by atoms with van der Waals surface area (Å²) in [5.41, 5.74) is 0. The molecule has 0 amide bonds. The molecule has 1 aliphatic heterocycles. The van der Waals surface area contributed by atoms with Gasteiger partial charge in [0.1, 0.15) is 0 Å². The maximum absolute atomic E-state index is 4.94. The molecule has 1 heterocycles. The largest absolute Gasteiger partial charge is 0.377 e. The maximum Gasteiger partial charge on any atom is 0.0701 e. The van der Waals surface area contributed by atoms with Gasteiger partial charge in [-0.15, -0.1) is 0 Å². The van der Waals surface area contributed by atoms with E-state index < -0.39 is 0 Å². The predicted octanol–water partition coefficient (Wildman–Crippen LogP) is 0.0307. The molecule has 0 bridgehead atoms. The minimum atomic E-state index is 0. The fourth-order valence-corrected chi connectivity index (χ4v) is 0.440. The Hall–Kier alpha value is 0.842. The average molecular weight is 201 g/mol. The van der Waals surface area contributed by atoms with Crippen molar-refractivity contribution in [1.82, 2.24) is 0 Å². The molecular formula is C4H8CdO2. The zero-order valence-electron chi connectivity index (χ0n) is 4.35. The van der Waals surface area contributed by atoms with E-state index in [1.807, 2.05) is 0 Å². The van der Waals surface area contributed by atoms with Gasteiger partial charge in [0.05, 0.1) is 26.4 Å². The van der Waals surface area contributed by atoms with Crippen LogP contribution in [0.1, 0.15) is 0 Å². The first kappa shape index (κ1) is 7.84. The normalized spacial score (nSPS) is 20.6. The van der Waals surface area contributed by atoms with Gasteiger partial charge in [-0.3, -0.25) is 0 Å². The second kappa shape index (κ2) is 4.99. The topological polar surface area (TPSA) is 18.5 Å². The Morgan fingerprint density at radius 3 is 1.14 bits per heavy atom. The quantitative estimate of drug-likeness (QED) is 0.514. The molecule has 1 rings (SSSR count). The number of rotatable bonds is 0. The molecule has 0 aromatic rings. The van der Waals surface area contributed by atoms with E-state index in [0.29, 0.717) is 0 Å². The van der Waals surface area contributed by atoms with Crippen LogP contribution in [0.15, 0.2) is 0 Å². The molecule has 1 fully saturated rings. The molecule has 0 N–H and O–H groups in total. The first-order valence-electron chi connectivity index (χ1n) is 2.15. The summed E-state index contributed by atoms with van der Waals surface area (Å²) >= 11 is 0. The molecule has 2 nitrogen and oxygen atoms in total. The average Bonchev–Trinajstić information content (AvgIpc) is 1.72. The SMILES string of the molecule is C1COCCO1.[Cd]. The van der Waals surface area contributed by atoms with Crippen LogP contribution >= 0.6 is 0 Å². The summed E-state index contributed by atoms with van der Waals surface area (Å²) in [6.45, 7) is 3.11. The molecule has 0 saturated carbocycles. The van der Waals surface area contributed by atoms with E-state index in [4.69, 9.17) is 9.47 Å². The number of hydrogen-bond acceptors (Lipinski definition) is 2. The standard InChI is InChI=1S/C4H8O2.Cd/c1-2-6-4-3-5-1;/h1-4H2;. The number of ether oxygens (including phenoxy) is 2.